The molecule has 0 spiro atoms. The Morgan fingerprint density at radius 3 is 2.75 bits per heavy atom. The molecule has 8 nitrogen and oxygen atoms in total. The minimum Gasteiger partial charge on any atom is -0.516 e. The Labute approximate surface area is 162 Å². The number of ether oxygens (including phenoxy) is 1. The number of nitrogens with one attached hydrogen (secondary N) is 2. The number of benzene rings is 1. The fourth-order valence-electron chi connectivity index (χ4n) is 3.45. The summed E-state index contributed by atoms with van der Waals surface area (Å²) in [5.74, 6) is -0.243. The van der Waals surface area contributed by atoms with E-state index >= 15 is 0 Å². The van der Waals surface area contributed by atoms with Gasteiger partial charge in [-0.15, -0.1) is 0 Å². The summed E-state index contributed by atoms with van der Waals surface area (Å²) in [6.07, 6.45) is 7.06. The van der Waals surface area contributed by atoms with E-state index < -0.39 is 17.5 Å². The highest BCUT2D eigenvalue weighted by atomic mass is 16.5. The van der Waals surface area contributed by atoms with Crippen molar-refractivity contribution >= 4 is 17.8 Å². The van der Waals surface area contributed by atoms with Crippen LogP contribution in [0.2, 0.25) is 0 Å². The summed E-state index contributed by atoms with van der Waals surface area (Å²) in [6.45, 7) is 2.01. The van der Waals surface area contributed by atoms with Crippen LogP contribution in [0.5, 0.6) is 5.75 Å². The van der Waals surface area contributed by atoms with Crippen LogP contribution in [-0.4, -0.2) is 47.0 Å². The molecule has 2 heterocycles. The number of imide groups is 1. The van der Waals surface area contributed by atoms with Gasteiger partial charge >= 0.3 is 6.03 Å². The van der Waals surface area contributed by atoms with E-state index in [2.05, 4.69) is 10.6 Å². The molecule has 4 amide bonds. The third-order valence-electron chi connectivity index (χ3n) is 4.77. The van der Waals surface area contributed by atoms with E-state index in [1.165, 1.54) is 24.2 Å². The molecule has 0 radical (unpaired) electrons. The Morgan fingerprint density at radius 1 is 1.36 bits per heavy atom. The molecule has 2 aliphatic heterocycles. The molecular formula is C20H21N3O5. The van der Waals surface area contributed by atoms with Crippen LogP contribution in [0.4, 0.5) is 4.79 Å². The number of aliphatic hydroxyl groups excluding tert-OH is 1. The first-order chi connectivity index (χ1) is 13.4. The predicted octanol–water partition coefficient (Wildman–Crippen LogP) is 1.80. The van der Waals surface area contributed by atoms with Gasteiger partial charge in [0.1, 0.15) is 5.75 Å². The summed E-state index contributed by atoms with van der Waals surface area (Å²) in [7, 11) is 1.52. The number of nitrogens with zero attached hydrogens (tertiary/aromatic N) is 1. The van der Waals surface area contributed by atoms with Gasteiger partial charge in [-0.1, -0.05) is 24.3 Å². The molecule has 1 saturated heterocycles. The summed E-state index contributed by atoms with van der Waals surface area (Å²) in [6, 6.07) is 4.60. The molecule has 28 heavy (non-hydrogen) atoms. The van der Waals surface area contributed by atoms with E-state index in [0.29, 0.717) is 23.4 Å². The number of fused-ring (bicyclic) bond motifs is 1. The summed E-state index contributed by atoms with van der Waals surface area (Å²) < 4.78 is 5.18. The monoisotopic (exact) mass is 383 g/mol. The van der Waals surface area contributed by atoms with Gasteiger partial charge in [0.2, 0.25) is 0 Å². The number of urea groups is 1. The number of rotatable bonds is 6. The molecule has 0 saturated carbocycles. The zero-order valence-corrected chi connectivity index (χ0v) is 15.6. The lowest BCUT2D eigenvalue weighted by molar-refractivity contribution is -0.123. The number of hydrogen-bond acceptors (Lipinski definition) is 5. The van der Waals surface area contributed by atoms with E-state index in [1.54, 1.807) is 31.2 Å². The van der Waals surface area contributed by atoms with Crippen molar-refractivity contribution in [1.29, 1.82) is 0 Å². The first-order valence-corrected chi connectivity index (χ1v) is 8.69. The Kier molecular flexibility index (Phi) is 5.21. The van der Waals surface area contributed by atoms with Crippen molar-refractivity contribution in [3.05, 3.63) is 65.5 Å². The second-order valence-corrected chi connectivity index (χ2v) is 6.46. The first kappa shape index (κ1) is 19.2. The molecule has 8 heteroatoms. The first-order valence-electron chi connectivity index (χ1n) is 8.69. The van der Waals surface area contributed by atoms with Gasteiger partial charge in [0, 0.05) is 12.1 Å². The van der Waals surface area contributed by atoms with Crippen molar-refractivity contribution < 1.29 is 24.2 Å². The van der Waals surface area contributed by atoms with Crippen molar-refractivity contribution in [3.63, 3.8) is 0 Å². The zero-order chi connectivity index (χ0) is 20.3. The standard InChI is InChI=1S/C20H21N3O5/c1-3-5-14(6-4-9-24)20(18(26)21-19(27)22-20)12-23-11-13-7-8-15(28-2)10-16(13)17(23)25/h3-10,24H,11-12H2,1-2H3,(H2,21,22,26,27)/b5-3-,9-4+,14-6+/t20-/m0/s1. The van der Waals surface area contributed by atoms with Gasteiger partial charge in [0.25, 0.3) is 11.8 Å². The number of carbonyl (C=O) groups is 3. The normalized spacial score (nSPS) is 22.1. The second kappa shape index (κ2) is 7.59. The number of aliphatic hydroxyl groups is 1. The van der Waals surface area contributed by atoms with E-state index in [4.69, 9.17) is 9.84 Å². The summed E-state index contributed by atoms with van der Waals surface area (Å²) in [5, 5.41) is 13.9. The van der Waals surface area contributed by atoms with Gasteiger partial charge in [-0.2, -0.15) is 0 Å². The molecule has 0 aliphatic carbocycles. The van der Waals surface area contributed by atoms with Crippen LogP contribution in [0.25, 0.3) is 0 Å². The number of hydrogen-bond donors (Lipinski definition) is 3. The Bertz CT molecular complexity index is 918. The predicted molar refractivity (Wildman–Crippen MR) is 102 cm³/mol. The van der Waals surface area contributed by atoms with Crippen LogP contribution >= 0.6 is 0 Å². The van der Waals surface area contributed by atoms with E-state index in [-0.39, 0.29) is 12.5 Å². The fourth-order valence-corrected chi connectivity index (χ4v) is 3.45. The van der Waals surface area contributed by atoms with Crippen molar-refractivity contribution in [2.75, 3.05) is 13.7 Å². The average molecular weight is 383 g/mol. The highest BCUT2D eigenvalue weighted by Crippen LogP contribution is 2.31. The van der Waals surface area contributed by atoms with Crippen molar-refractivity contribution in [1.82, 2.24) is 15.5 Å². The van der Waals surface area contributed by atoms with Crippen molar-refractivity contribution in [2.45, 2.75) is 19.0 Å². The fraction of sp³-hybridized carbons (Fsp3) is 0.250. The van der Waals surface area contributed by atoms with Gasteiger partial charge in [-0.05, 0) is 36.3 Å². The quantitative estimate of drug-likeness (QED) is 0.394. The summed E-state index contributed by atoms with van der Waals surface area (Å²) >= 11 is 0. The molecule has 1 aromatic rings. The van der Waals surface area contributed by atoms with Gasteiger partial charge < -0.3 is 20.1 Å². The lowest BCUT2D eigenvalue weighted by Crippen LogP contribution is -2.56. The van der Waals surface area contributed by atoms with Gasteiger partial charge in [-0.25, -0.2) is 4.79 Å². The highest BCUT2D eigenvalue weighted by molar-refractivity contribution is 6.10. The maximum absolute atomic E-state index is 12.9. The largest absolute Gasteiger partial charge is 0.516 e. The minimum atomic E-state index is -1.47. The van der Waals surface area contributed by atoms with Crippen LogP contribution in [0.3, 0.4) is 0 Å². The number of allylic oxidation sites excluding steroid dienone is 3. The maximum atomic E-state index is 12.9. The second-order valence-electron chi connectivity index (χ2n) is 6.46. The molecule has 1 fully saturated rings. The molecule has 0 unspecified atom stereocenters. The summed E-state index contributed by atoms with van der Waals surface area (Å²) in [4.78, 5) is 39.1. The Hall–Kier alpha value is -3.55. The van der Waals surface area contributed by atoms with Crippen LogP contribution in [-0.2, 0) is 11.3 Å². The van der Waals surface area contributed by atoms with E-state index in [9.17, 15) is 14.4 Å². The van der Waals surface area contributed by atoms with Gasteiger partial charge in [0.05, 0.1) is 19.9 Å². The third kappa shape index (κ3) is 3.24. The van der Waals surface area contributed by atoms with Crippen molar-refractivity contribution in [2.24, 2.45) is 0 Å². The lowest BCUT2D eigenvalue weighted by Gasteiger charge is -2.32. The molecule has 2 aliphatic rings. The highest BCUT2D eigenvalue weighted by Gasteiger charge is 2.50. The van der Waals surface area contributed by atoms with E-state index in [0.717, 1.165) is 11.8 Å². The summed E-state index contributed by atoms with van der Waals surface area (Å²) in [5.41, 5.74) is 0.291. The number of methoxy groups -OCH3 is 1. The van der Waals surface area contributed by atoms with Crippen LogP contribution in [0.1, 0.15) is 22.8 Å². The number of carbonyl (C=O) groups excluding carboxylic acids is 3. The average Bonchev–Trinajstić information content (AvgIpc) is 3.14. The Morgan fingerprint density at radius 2 is 2.14 bits per heavy atom. The molecule has 3 N–H and O–H groups in total. The lowest BCUT2D eigenvalue weighted by atomic mass is 9.88. The molecule has 0 aromatic heterocycles. The third-order valence-corrected chi connectivity index (χ3v) is 4.77. The van der Waals surface area contributed by atoms with Crippen LogP contribution in [0.15, 0.2) is 54.3 Å². The van der Waals surface area contributed by atoms with Crippen LogP contribution in [0, 0.1) is 0 Å². The maximum Gasteiger partial charge on any atom is 0.322 e. The molecule has 146 valence electrons. The minimum absolute atomic E-state index is 0.0597. The van der Waals surface area contributed by atoms with Gasteiger partial charge in [-0.3, -0.25) is 14.9 Å². The number of amides is 4. The SMILES string of the molecule is C\C=C/C(=C\C=C\O)[C@]1(CN2Cc3ccc(OC)cc3C2=O)NC(=O)NC1=O. The van der Waals surface area contributed by atoms with Crippen molar-refractivity contribution in [3.8, 4) is 5.75 Å². The van der Waals surface area contributed by atoms with Gasteiger partial charge in [0.15, 0.2) is 5.54 Å². The Balaban J connectivity index is 1.99. The smallest absolute Gasteiger partial charge is 0.322 e. The molecule has 1 atom stereocenters. The van der Waals surface area contributed by atoms with Crippen LogP contribution < -0.4 is 15.4 Å². The topological polar surface area (TPSA) is 108 Å². The van der Waals surface area contributed by atoms with E-state index in [1.807, 2.05) is 6.07 Å². The molecule has 3 rings (SSSR count). The molecule has 0 bridgehead atoms. The molecule has 1 aromatic carbocycles. The zero-order valence-electron chi connectivity index (χ0n) is 15.6. The molecular weight excluding hydrogens is 362 g/mol.